The topological polar surface area (TPSA) is 55.1 Å². The van der Waals surface area contributed by atoms with Crippen LogP contribution in [0.4, 0.5) is 10.1 Å². The number of carbonyl (C=O) groups is 1. The molecule has 98 valence electrons. The second kappa shape index (κ2) is 5.06. The van der Waals surface area contributed by atoms with Crippen LogP contribution in [0.2, 0.25) is 0 Å². The van der Waals surface area contributed by atoms with Gasteiger partial charge in [0.25, 0.3) is 0 Å². The first-order valence-corrected chi connectivity index (χ1v) is 6.36. The summed E-state index contributed by atoms with van der Waals surface area (Å²) in [5, 5.41) is 2.72. The molecule has 0 atom stereocenters. The van der Waals surface area contributed by atoms with Crippen LogP contribution in [0.25, 0.3) is 0 Å². The van der Waals surface area contributed by atoms with Crippen molar-refractivity contribution in [3.05, 3.63) is 29.6 Å². The van der Waals surface area contributed by atoms with Crippen molar-refractivity contribution in [2.45, 2.75) is 32.6 Å². The van der Waals surface area contributed by atoms with Crippen LogP contribution in [0, 0.1) is 18.2 Å². The fourth-order valence-corrected chi connectivity index (χ4v) is 2.61. The summed E-state index contributed by atoms with van der Waals surface area (Å²) < 4.78 is 13.7. The van der Waals surface area contributed by atoms with E-state index in [1.54, 1.807) is 19.1 Å². The first-order chi connectivity index (χ1) is 8.59. The zero-order chi connectivity index (χ0) is 13.2. The number of anilines is 1. The van der Waals surface area contributed by atoms with E-state index in [9.17, 15) is 9.18 Å². The summed E-state index contributed by atoms with van der Waals surface area (Å²) in [5.74, 6) is -0.538. The minimum atomic E-state index is -0.505. The molecule has 0 saturated heterocycles. The first-order valence-electron chi connectivity index (χ1n) is 6.36. The van der Waals surface area contributed by atoms with Crippen LogP contribution in [0.5, 0.6) is 0 Å². The Bertz CT molecular complexity index is 433. The number of benzene rings is 1. The van der Waals surface area contributed by atoms with Crippen molar-refractivity contribution < 1.29 is 9.18 Å². The molecule has 0 unspecified atom stereocenters. The van der Waals surface area contributed by atoms with Gasteiger partial charge >= 0.3 is 0 Å². The third-order valence-electron chi connectivity index (χ3n) is 3.89. The highest BCUT2D eigenvalue weighted by Gasteiger charge is 2.40. The van der Waals surface area contributed by atoms with Crippen LogP contribution in [0.3, 0.4) is 0 Å². The van der Waals surface area contributed by atoms with Crippen molar-refractivity contribution in [1.82, 2.24) is 0 Å². The lowest BCUT2D eigenvalue weighted by atomic mass is 9.85. The molecule has 1 saturated carbocycles. The second-order valence-electron chi connectivity index (χ2n) is 5.08. The molecule has 1 amide bonds. The molecule has 18 heavy (non-hydrogen) atoms. The minimum absolute atomic E-state index is 0.143. The SMILES string of the molecule is Cc1cccc(F)c1NC(=O)C1(CN)CCCC1. The van der Waals surface area contributed by atoms with Gasteiger partial charge in [0.05, 0.1) is 11.1 Å². The Balaban J connectivity index is 2.21. The van der Waals surface area contributed by atoms with Gasteiger partial charge in [0.1, 0.15) is 5.82 Å². The maximum absolute atomic E-state index is 13.7. The predicted octanol–water partition coefficient (Wildman–Crippen LogP) is 2.59. The first kappa shape index (κ1) is 13.0. The molecular formula is C14H19FN2O. The number of hydrogen-bond donors (Lipinski definition) is 2. The highest BCUT2D eigenvalue weighted by molar-refractivity contribution is 5.96. The smallest absolute Gasteiger partial charge is 0.231 e. The molecule has 1 aromatic rings. The molecule has 0 aliphatic heterocycles. The third-order valence-corrected chi connectivity index (χ3v) is 3.89. The van der Waals surface area contributed by atoms with E-state index in [0.717, 1.165) is 31.2 Å². The van der Waals surface area contributed by atoms with E-state index in [4.69, 9.17) is 5.73 Å². The van der Waals surface area contributed by atoms with Gasteiger partial charge in [-0.15, -0.1) is 0 Å². The van der Waals surface area contributed by atoms with Crippen molar-refractivity contribution in [1.29, 1.82) is 0 Å². The lowest BCUT2D eigenvalue weighted by Gasteiger charge is -2.26. The number of halogens is 1. The summed E-state index contributed by atoms with van der Waals surface area (Å²) in [4.78, 5) is 12.3. The van der Waals surface area contributed by atoms with Crippen molar-refractivity contribution >= 4 is 11.6 Å². The number of nitrogens with one attached hydrogen (secondary N) is 1. The van der Waals surface area contributed by atoms with Gasteiger partial charge in [-0.05, 0) is 31.4 Å². The standard InChI is InChI=1S/C14H19FN2O/c1-10-5-4-6-11(15)12(10)17-13(18)14(9-16)7-2-3-8-14/h4-6H,2-3,7-9,16H2,1H3,(H,17,18). The molecule has 2 rings (SSSR count). The number of hydrogen-bond acceptors (Lipinski definition) is 2. The average Bonchev–Trinajstić information content (AvgIpc) is 2.84. The molecule has 1 fully saturated rings. The second-order valence-corrected chi connectivity index (χ2v) is 5.08. The fraction of sp³-hybridized carbons (Fsp3) is 0.500. The number of aryl methyl sites for hydroxylation is 1. The van der Waals surface area contributed by atoms with Crippen molar-refractivity contribution in [3.8, 4) is 0 Å². The van der Waals surface area contributed by atoms with Crippen LogP contribution in [-0.4, -0.2) is 12.5 Å². The molecule has 0 heterocycles. The van der Waals surface area contributed by atoms with E-state index in [1.165, 1.54) is 6.07 Å². The Morgan fingerprint density at radius 2 is 2.11 bits per heavy atom. The Kier molecular flexibility index (Phi) is 3.66. The normalized spacial score (nSPS) is 17.7. The Labute approximate surface area is 107 Å². The predicted molar refractivity (Wildman–Crippen MR) is 69.7 cm³/mol. The molecule has 1 aliphatic carbocycles. The van der Waals surface area contributed by atoms with E-state index in [0.29, 0.717) is 6.54 Å². The van der Waals surface area contributed by atoms with Gasteiger partial charge in [-0.25, -0.2) is 4.39 Å². The van der Waals surface area contributed by atoms with Gasteiger partial charge in [0.2, 0.25) is 5.91 Å². The Morgan fingerprint density at radius 1 is 1.44 bits per heavy atom. The third kappa shape index (κ3) is 2.25. The fourth-order valence-electron chi connectivity index (χ4n) is 2.61. The van der Waals surface area contributed by atoms with Gasteiger partial charge in [-0.1, -0.05) is 25.0 Å². The van der Waals surface area contributed by atoms with E-state index in [-0.39, 0.29) is 11.6 Å². The van der Waals surface area contributed by atoms with Crippen LogP contribution in [0.15, 0.2) is 18.2 Å². The molecule has 3 nitrogen and oxygen atoms in total. The molecule has 4 heteroatoms. The highest BCUT2D eigenvalue weighted by atomic mass is 19.1. The molecule has 0 bridgehead atoms. The van der Waals surface area contributed by atoms with Crippen molar-refractivity contribution in [2.24, 2.45) is 11.1 Å². The summed E-state index contributed by atoms with van der Waals surface area (Å²) in [5.41, 5.74) is 6.25. The molecule has 3 N–H and O–H groups in total. The van der Waals surface area contributed by atoms with Gasteiger partial charge < -0.3 is 11.1 Å². The molecule has 1 aromatic carbocycles. The van der Waals surface area contributed by atoms with Crippen molar-refractivity contribution in [3.63, 3.8) is 0 Å². The molecule has 1 aliphatic rings. The van der Waals surface area contributed by atoms with E-state index in [1.807, 2.05) is 0 Å². The van der Waals surface area contributed by atoms with Gasteiger partial charge in [0, 0.05) is 6.54 Å². The van der Waals surface area contributed by atoms with Gasteiger partial charge in [-0.2, -0.15) is 0 Å². The summed E-state index contributed by atoms with van der Waals surface area (Å²) in [7, 11) is 0. The molecule has 0 radical (unpaired) electrons. The van der Waals surface area contributed by atoms with Crippen molar-refractivity contribution in [2.75, 3.05) is 11.9 Å². The minimum Gasteiger partial charge on any atom is -0.329 e. The quantitative estimate of drug-likeness (QED) is 0.866. The van der Waals surface area contributed by atoms with Crippen LogP contribution >= 0.6 is 0 Å². The largest absolute Gasteiger partial charge is 0.329 e. The number of amides is 1. The zero-order valence-electron chi connectivity index (χ0n) is 10.6. The summed E-state index contributed by atoms with van der Waals surface area (Å²) in [6.45, 7) is 2.11. The maximum Gasteiger partial charge on any atom is 0.231 e. The van der Waals surface area contributed by atoms with E-state index >= 15 is 0 Å². The molecular weight excluding hydrogens is 231 g/mol. The number of para-hydroxylation sites is 1. The molecule has 0 aromatic heterocycles. The Morgan fingerprint density at radius 3 is 2.67 bits per heavy atom. The van der Waals surface area contributed by atoms with Gasteiger partial charge in [0.15, 0.2) is 0 Å². The van der Waals surface area contributed by atoms with Gasteiger partial charge in [-0.3, -0.25) is 4.79 Å². The van der Waals surface area contributed by atoms with Crippen LogP contribution in [-0.2, 0) is 4.79 Å². The summed E-state index contributed by atoms with van der Waals surface area (Å²) in [6.07, 6.45) is 3.62. The van der Waals surface area contributed by atoms with Crippen LogP contribution < -0.4 is 11.1 Å². The zero-order valence-corrected chi connectivity index (χ0v) is 10.6. The highest BCUT2D eigenvalue weighted by Crippen LogP contribution is 2.38. The van der Waals surface area contributed by atoms with E-state index in [2.05, 4.69) is 5.32 Å². The Hall–Kier alpha value is -1.42. The summed E-state index contributed by atoms with van der Waals surface area (Å²) >= 11 is 0. The van der Waals surface area contributed by atoms with Crippen LogP contribution in [0.1, 0.15) is 31.2 Å². The average molecular weight is 250 g/mol. The lowest BCUT2D eigenvalue weighted by molar-refractivity contribution is -0.124. The number of nitrogens with two attached hydrogens (primary N) is 1. The summed E-state index contributed by atoms with van der Waals surface area (Å²) in [6, 6.07) is 4.77. The monoisotopic (exact) mass is 250 g/mol. The molecule has 0 spiro atoms. The number of carbonyl (C=O) groups excluding carboxylic acids is 1. The number of rotatable bonds is 3. The van der Waals surface area contributed by atoms with E-state index < -0.39 is 11.2 Å². The lowest BCUT2D eigenvalue weighted by Crippen LogP contribution is -2.40. The maximum atomic E-state index is 13.7.